The van der Waals surface area contributed by atoms with E-state index in [-0.39, 0.29) is 35.6 Å². The molecule has 0 radical (unpaired) electrons. The molecule has 2 fully saturated rings. The van der Waals surface area contributed by atoms with Gasteiger partial charge in [0.25, 0.3) is 0 Å². The predicted octanol–water partition coefficient (Wildman–Crippen LogP) is 2.66. The van der Waals surface area contributed by atoms with Crippen LogP contribution in [0.2, 0.25) is 0 Å². The van der Waals surface area contributed by atoms with Crippen LogP contribution in [-0.4, -0.2) is 55.0 Å². The Bertz CT molecular complexity index is 1010. The van der Waals surface area contributed by atoms with Crippen molar-refractivity contribution in [1.29, 1.82) is 0 Å². The number of rotatable bonds is 5. The number of fused-ring (bicyclic) bond motifs is 1. The van der Waals surface area contributed by atoms with Gasteiger partial charge in [-0.2, -0.15) is 0 Å². The van der Waals surface area contributed by atoms with E-state index >= 15 is 0 Å². The monoisotopic (exact) mass is 450 g/mol. The molecule has 0 bridgehead atoms. The average molecular weight is 451 g/mol. The first-order valence-electron chi connectivity index (χ1n) is 11.9. The first-order valence-corrected chi connectivity index (χ1v) is 11.9. The third-order valence-corrected chi connectivity index (χ3v) is 7.61. The standard InChI is InChI=1S/C26H31FN4O2/c1-17(29-24(32)23-14-19-4-2-3-5-22(19)30-23)16-31-12-10-26(11-13-31)21(15-28-25(26)33)18-6-8-20(27)9-7-18/h2-9,17,21,23,30H,10-16H2,1H3,(H,28,33)(H,29,32)/t17-,21-,23?/m0/s1. The third kappa shape index (κ3) is 4.22. The highest BCUT2D eigenvalue weighted by molar-refractivity contribution is 5.88. The Hall–Kier alpha value is -2.93. The van der Waals surface area contributed by atoms with Gasteiger partial charge < -0.3 is 20.9 Å². The molecule has 0 aliphatic carbocycles. The highest BCUT2D eigenvalue weighted by atomic mass is 19.1. The van der Waals surface area contributed by atoms with Gasteiger partial charge in [-0.05, 0) is 62.2 Å². The number of halogens is 1. The van der Waals surface area contributed by atoms with E-state index in [0.29, 0.717) is 13.0 Å². The molecule has 3 aliphatic heterocycles. The number of hydrogen-bond donors (Lipinski definition) is 3. The van der Waals surface area contributed by atoms with Crippen LogP contribution >= 0.6 is 0 Å². The van der Waals surface area contributed by atoms with Crippen molar-refractivity contribution in [2.45, 2.75) is 44.2 Å². The molecule has 33 heavy (non-hydrogen) atoms. The van der Waals surface area contributed by atoms with Gasteiger partial charge in [0.1, 0.15) is 11.9 Å². The molecule has 3 N–H and O–H groups in total. The second-order valence-corrected chi connectivity index (χ2v) is 9.74. The van der Waals surface area contributed by atoms with Gasteiger partial charge >= 0.3 is 0 Å². The highest BCUT2D eigenvalue weighted by Gasteiger charge is 2.51. The lowest BCUT2D eigenvalue weighted by Crippen LogP contribution is -2.51. The number of nitrogens with zero attached hydrogens (tertiary/aromatic N) is 1. The van der Waals surface area contributed by atoms with Gasteiger partial charge in [0, 0.05) is 37.2 Å². The molecular formula is C26H31FN4O2. The second kappa shape index (κ2) is 8.78. The molecule has 1 spiro atoms. The summed E-state index contributed by atoms with van der Waals surface area (Å²) in [5.41, 5.74) is 2.81. The third-order valence-electron chi connectivity index (χ3n) is 7.61. The zero-order valence-electron chi connectivity index (χ0n) is 18.9. The molecule has 2 aromatic rings. The van der Waals surface area contributed by atoms with Crippen molar-refractivity contribution in [3.8, 4) is 0 Å². The van der Waals surface area contributed by atoms with Crippen molar-refractivity contribution in [1.82, 2.24) is 15.5 Å². The van der Waals surface area contributed by atoms with Gasteiger partial charge in [0.05, 0.1) is 5.41 Å². The fourth-order valence-corrected chi connectivity index (χ4v) is 5.80. The zero-order valence-corrected chi connectivity index (χ0v) is 18.9. The van der Waals surface area contributed by atoms with Gasteiger partial charge in [-0.25, -0.2) is 4.39 Å². The minimum absolute atomic E-state index is 0.0161. The number of para-hydroxylation sites is 1. The Morgan fingerprint density at radius 3 is 2.64 bits per heavy atom. The SMILES string of the molecule is C[C@@H](CN1CCC2(CC1)C(=O)NC[C@H]2c1ccc(F)cc1)NC(=O)C1Cc2ccccc2N1. The van der Waals surface area contributed by atoms with Crippen molar-refractivity contribution in [3.63, 3.8) is 0 Å². The van der Waals surface area contributed by atoms with Gasteiger partial charge in [-0.3, -0.25) is 9.59 Å². The zero-order chi connectivity index (χ0) is 23.0. The molecular weight excluding hydrogens is 419 g/mol. The minimum atomic E-state index is -0.430. The predicted molar refractivity (Wildman–Crippen MR) is 125 cm³/mol. The summed E-state index contributed by atoms with van der Waals surface area (Å²) in [6, 6.07) is 14.4. The lowest BCUT2D eigenvalue weighted by Gasteiger charge is -2.41. The second-order valence-electron chi connectivity index (χ2n) is 9.74. The number of carbonyl (C=O) groups is 2. The fraction of sp³-hybridized carbons (Fsp3) is 0.462. The molecule has 0 saturated carbocycles. The summed E-state index contributed by atoms with van der Waals surface area (Å²) in [5.74, 6) is -0.0454. The summed E-state index contributed by atoms with van der Waals surface area (Å²) >= 11 is 0. The molecule has 2 amide bonds. The maximum atomic E-state index is 13.4. The molecule has 2 aromatic carbocycles. The van der Waals surface area contributed by atoms with Crippen LogP contribution in [0.4, 0.5) is 10.1 Å². The smallest absolute Gasteiger partial charge is 0.243 e. The van der Waals surface area contributed by atoms with Crippen molar-refractivity contribution < 1.29 is 14.0 Å². The number of amides is 2. The van der Waals surface area contributed by atoms with Gasteiger partial charge in [-0.1, -0.05) is 30.3 Å². The molecule has 7 heteroatoms. The first kappa shape index (κ1) is 21.9. The summed E-state index contributed by atoms with van der Waals surface area (Å²) in [4.78, 5) is 27.9. The molecule has 5 rings (SSSR count). The maximum absolute atomic E-state index is 13.4. The van der Waals surface area contributed by atoms with Crippen LogP contribution in [0.1, 0.15) is 36.8 Å². The topological polar surface area (TPSA) is 73.5 Å². The minimum Gasteiger partial charge on any atom is -0.373 e. The van der Waals surface area contributed by atoms with E-state index < -0.39 is 5.41 Å². The maximum Gasteiger partial charge on any atom is 0.243 e. The molecule has 3 atom stereocenters. The average Bonchev–Trinajstić information content (AvgIpc) is 3.38. The van der Waals surface area contributed by atoms with E-state index in [0.717, 1.165) is 43.7 Å². The number of likely N-dealkylation sites (tertiary alicyclic amines) is 1. The number of benzene rings is 2. The van der Waals surface area contributed by atoms with E-state index in [2.05, 4.69) is 26.9 Å². The van der Waals surface area contributed by atoms with Crippen LogP contribution in [-0.2, 0) is 16.0 Å². The Kier molecular flexibility index (Phi) is 5.83. The molecule has 2 saturated heterocycles. The summed E-state index contributed by atoms with van der Waals surface area (Å²) in [7, 11) is 0. The van der Waals surface area contributed by atoms with Crippen LogP contribution in [0.5, 0.6) is 0 Å². The van der Waals surface area contributed by atoms with E-state index in [1.54, 1.807) is 12.1 Å². The molecule has 3 aliphatic rings. The number of hydrogen-bond acceptors (Lipinski definition) is 4. The molecule has 174 valence electrons. The van der Waals surface area contributed by atoms with Crippen LogP contribution in [0.3, 0.4) is 0 Å². The number of nitrogens with one attached hydrogen (secondary N) is 3. The van der Waals surface area contributed by atoms with Crippen molar-refractivity contribution >= 4 is 17.5 Å². The van der Waals surface area contributed by atoms with Crippen LogP contribution in [0.25, 0.3) is 0 Å². The Morgan fingerprint density at radius 2 is 1.91 bits per heavy atom. The number of anilines is 1. The van der Waals surface area contributed by atoms with Crippen molar-refractivity contribution in [3.05, 3.63) is 65.5 Å². The summed E-state index contributed by atoms with van der Waals surface area (Å²) in [5, 5.41) is 9.52. The largest absolute Gasteiger partial charge is 0.373 e. The van der Waals surface area contributed by atoms with E-state index in [9.17, 15) is 14.0 Å². The quantitative estimate of drug-likeness (QED) is 0.655. The number of piperidine rings is 1. The first-order chi connectivity index (χ1) is 15.9. The van der Waals surface area contributed by atoms with Crippen molar-refractivity contribution in [2.24, 2.45) is 5.41 Å². The van der Waals surface area contributed by atoms with E-state index in [1.165, 1.54) is 17.7 Å². The normalized spacial score (nSPS) is 24.7. The summed E-state index contributed by atoms with van der Waals surface area (Å²) in [6.45, 7) is 5.00. The van der Waals surface area contributed by atoms with Gasteiger partial charge in [0.2, 0.25) is 11.8 Å². The molecule has 1 unspecified atom stereocenters. The highest BCUT2D eigenvalue weighted by Crippen LogP contribution is 2.47. The lowest BCUT2D eigenvalue weighted by atomic mass is 9.68. The summed E-state index contributed by atoms with van der Waals surface area (Å²) < 4.78 is 13.4. The van der Waals surface area contributed by atoms with E-state index in [4.69, 9.17) is 0 Å². The van der Waals surface area contributed by atoms with Gasteiger partial charge in [-0.15, -0.1) is 0 Å². The van der Waals surface area contributed by atoms with Crippen LogP contribution in [0, 0.1) is 11.2 Å². The number of carbonyl (C=O) groups excluding carboxylic acids is 2. The molecule has 0 aromatic heterocycles. The molecule has 6 nitrogen and oxygen atoms in total. The van der Waals surface area contributed by atoms with Gasteiger partial charge in [0.15, 0.2) is 0 Å². The van der Waals surface area contributed by atoms with Crippen LogP contribution in [0.15, 0.2) is 48.5 Å². The molecule has 3 heterocycles. The Balaban J connectivity index is 1.15. The Morgan fingerprint density at radius 1 is 1.18 bits per heavy atom. The van der Waals surface area contributed by atoms with Crippen LogP contribution < -0.4 is 16.0 Å². The Labute approximate surface area is 193 Å². The van der Waals surface area contributed by atoms with Crippen molar-refractivity contribution in [2.75, 3.05) is 31.5 Å². The summed E-state index contributed by atoms with van der Waals surface area (Å²) in [6.07, 6.45) is 2.24. The fourth-order valence-electron chi connectivity index (χ4n) is 5.80. The van der Waals surface area contributed by atoms with E-state index in [1.807, 2.05) is 25.1 Å². The lowest BCUT2D eigenvalue weighted by molar-refractivity contribution is -0.130.